The second-order valence-electron chi connectivity index (χ2n) is 9.41. The molecule has 0 aliphatic heterocycles. The van der Waals surface area contributed by atoms with E-state index in [4.69, 9.17) is 32.5 Å². The Morgan fingerprint density at radius 2 is 1.13 bits per heavy atom. The Labute approximate surface area is 276 Å². The zero-order chi connectivity index (χ0) is 32.8. The van der Waals surface area contributed by atoms with Crippen LogP contribution in [0.2, 0.25) is 0 Å². The van der Waals surface area contributed by atoms with Gasteiger partial charge in [-0.2, -0.15) is 0 Å². The van der Waals surface area contributed by atoms with Gasteiger partial charge in [-0.3, -0.25) is 9.59 Å². The summed E-state index contributed by atoms with van der Waals surface area (Å²) in [7, 11) is 0. The van der Waals surface area contributed by atoms with E-state index in [1.54, 1.807) is 18.2 Å². The number of nitrogens with one attached hydrogen (secondary N) is 2. The number of nitrogens with zero attached hydrogens (tertiary/aromatic N) is 4. The minimum Gasteiger partial charge on any atom is -0.411 e. The Hall–Kier alpha value is -3.06. The fourth-order valence-corrected chi connectivity index (χ4v) is 4.25. The Morgan fingerprint density at radius 3 is 1.61 bits per heavy atom. The van der Waals surface area contributed by atoms with E-state index in [2.05, 4.69) is 31.0 Å². The maximum absolute atomic E-state index is 12.6. The van der Waals surface area contributed by atoms with Gasteiger partial charge in [-0.1, -0.05) is 30.4 Å². The summed E-state index contributed by atoms with van der Waals surface area (Å²) in [6.07, 6.45) is 5.08. The molecule has 46 heavy (non-hydrogen) atoms. The molecule has 2 N–H and O–H groups in total. The number of carbonyl (C=O) groups excluding carboxylic acids is 2. The molecule has 3 rings (SSSR count). The van der Waals surface area contributed by atoms with Crippen LogP contribution in [0.5, 0.6) is 0 Å². The number of amides is 2. The van der Waals surface area contributed by atoms with Crippen LogP contribution in [0.3, 0.4) is 0 Å². The quantitative estimate of drug-likeness (QED) is 0.0977. The molecule has 254 valence electrons. The fourth-order valence-electron chi connectivity index (χ4n) is 3.68. The average Bonchev–Trinajstić information content (AvgIpc) is 3.75. The molecule has 0 aliphatic carbocycles. The van der Waals surface area contributed by atoms with Gasteiger partial charge in [0.15, 0.2) is 0 Å². The van der Waals surface area contributed by atoms with E-state index < -0.39 is 0 Å². The van der Waals surface area contributed by atoms with Crippen molar-refractivity contribution in [2.75, 3.05) is 90.4 Å². The standard InChI is InChI=1S/C29H42N6O9S2/c1-4-8-38-11-7-30-24(36)5-9-39-12-14-41-16-17-42-15-13-40-10-6-25(37)31-23-19-21(26-32-34-28(43-26)45-2)18-22(20-23)27-33-35-29(44-27)46-3/h18-20H,4-17H2,1-3H3,(H,30,36)(H,31,37). The number of aromatic nitrogens is 4. The monoisotopic (exact) mass is 682 g/mol. The van der Waals surface area contributed by atoms with Gasteiger partial charge < -0.3 is 43.2 Å². The number of thioether (sulfide) groups is 2. The molecule has 0 bridgehead atoms. The number of benzene rings is 1. The lowest BCUT2D eigenvalue weighted by molar-refractivity contribution is -0.122. The Bertz CT molecular complexity index is 1250. The molecule has 3 aromatic rings. The first-order valence-electron chi connectivity index (χ1n) is 14.9. The molecule has 17 heteroatoms. The summed E-state index contributed by atoms with van der Waals surface area (Å²) in [5.41, 5.74) is 1.70. The van der Waals surface area contributed by atoms with E-state index >= 15 is 0 Å². The van der Waals surface area contributed by atoms with Crippen LogP contribution in [0.4, 0.5) is 5.69 Å². The molecule has 0 spiro atoms. The summed E-state index contributed by atoms with van der Waals surface area (Å²) in [6, 6.07) is 5.25. The first-order chi connectivity index (χ1) is 22.5. The van der Waals surface area contributed by atoms with Crippen LogP contribution in [0.1, 0.15) is 26.2 Å². The van der Waals surface area contributed by atoms with Gasteiger partial charge in [0, 0.05) is 36.4 Å². The van der Waals surface area contributed by atoms with Crippen molar-refractivity contribution in [1.82, 2.24) is 25.7 Å². The highest BCUT2D eigenvalue weighted by Crippen LogP contribution is 2.31. The molecule has 0 fully saturated rings. The lowest BCUT2D eigenvalue weighted by atomic mass is 10.1. The molecule has 1 aromatic carbocycles. The minimum atomic E-state index is -0.233. The van der Waals surface area contributed by atoms with Crippen molar-refractivity contribution in [1.29, 1.82) is 0 Å². The maximum Gasteiger partial charge on any atom is 0.276 e. The molecule has 0 saturated heterocycles. The Morgan fingerprint density at radius 1 is 0.652 bits per heavy atom. The van der Waals surface area contributed by atoms with Crippen molar-refractivity contribution in [3.63, 3.8) is 0 Å². The van der Waals surface area contributed by atoms with Gasteiger partial charge in [0.2, 0.25) is 23.6 Å². The summed E-state index contributed by atoms with van der Waals surface area (Å²) in [4.78, 5) is 24.3. The molecule has 15 nitrogen and oxygen atoms in total. The zero-order valence-corrected chi connectivity index (χ0v) is 28.0. The molecule has 0 aliphatic rings. The van der Waals surface area contributed by atoms with Gasteiger partial charge >= 0.3 is 0 Å². The second-order valence-corrected chi connectivity index (χ2v) is 10.9. The molecular formula is C29H42N6O9S2. The molecule has 0 radical (unpaired) electrons. The van der Waals surface area contributed by atoms with Crippen LogP contribution < -0.4 is 10.6 Å². The first kappa shape index (κ1) is 37.4. The van der Waals surface area contributed by atoms with Gasteiger partial charge in [-0.15, -0.1) is 20.4 Å². The predicted octanol–water partition coefficient (Wildman–Crippen LogP) is 3.56. The van der Waals surface area contributed by atoms with Crippen molar-refractivity contribution in [3.05, 3.63) is 18.2 Å². The van der Waals surface area contributed by atoms with E-state index in [0.717, 1.165) is 6.42 Å². The van der Waals surface area contributed by atoms with Crippen molar-refractivity contribution in [2.24, 2.45) is 0 Å². The van der Waals surface area contributed by atoms with E-state index in [-0.39, 0.29) is 24.8 Å². The van der Waals surface area contributed by atoms with Crippen LogP contribution in [0.25, 0.3) is 22.9 Å². The highest BCUT2D eigenvalue weighted by Gasteiger charge is 2.16. The van der Waals surface area contributed by atoms with E-state index in [9.17, 15) is 9.59 Å². The normalized spacial score (nSPS) is 11.2. The highest BCUT2D eigenvalue weighted by molar-refractivity contribution is 7.98. The number of rotatable bonds is 25. The van der Waals surface area contributed by atoms with E-state index in [0.29, 0.717) is 111 Å². The number of ether oxygens (including phenoxy) is 5. The van der Waals surface area contributed by atoms with Crippen LogP contribution in [-0.2, 0) is 33.3 Å². The van der Waals surface area contributed by atoms with Crippen LogP contribution >= 0.6 is 23.5 Å². The van der Waals surface area contributed by atoms with Crippen LogP contribution in [0.15, 0.2) is 37.5 Å². The summed E-state index contributed by atoms with van der Waals surface area (Å²) in [5.74, 6) is 0.306. The molecule has 2 heterocycles. The number of hydrogen-bond donors (Lipinski definition) is 2. The zero-order valence-electron chi connectivity index (χ0n) is 26.4. The molecule has 0 atom stereocenters. The smallest absolute Gasteiger partial charge is 0.276 e. The molecule has 2 aromatic heterocycles. The first-order valence-corrected chi connectivity index (χ1v) is 17.3. The summed E-state index contributed by atoms with van der Waals surface area (Å²) >= 11 is 2.66. The number of carbonyl (C=O) groups is 2. The molecular weight excluding hydrogens is 640 g/mol. The molecule has 0 unspecified atom stereocenters. The maximum atomic E-state index is 12.6. The summed E-state index contributed by atoms with van der Waals surface area (Å²) in [5, 5.41) is 22.7. The Kier molecular flexibility index (Phi) is 18.3. The number of hydrogen-bond acceptors (Lipinski definition) is 15. The minimum absolute atomic E-state index is 0.0612. The lowest BCUT2D eigenvalue weighted by Crippen LogP contribution is -2.28. The second kappa shape index (κ2) is 22.5. The highest BCUT2D eigenvalue weighted by atomic mass is 32.2. The lowest BCUT2D eigenvalue weighted by Gasteiger charge is -2.09. The molecule has 0 saturated carbocycles. The summed E-state index contributed by atoms with van der Waals surface area (Å²) in [6.45, 7) is 6.66. The van der Waals surface area contributed by atoms with Gasteiger partial charge in [0.25, 0.3) is 10.4 Å². The number of anilines is 1. The Balaban J connectivity index is 1.25. The van der Waals surface area contributed by atoms with Crippen molar-refractivity contribution < 1.29 is 42.1 Å². The van der Waals surface area contributed by atoms with Crippen molar-refractivity contribution >= 4 is 41.0 Å². The fraction of sp³-hybridized carbons (Fsp3) is 0.586. The van der Waals surface area contributed by atoms with Gasteiger partial charge in [0.1, 0.15) is 0 Å². The van der Waals surface area contributed by atoms with E-state index in [1.807, 2.05) is 19.4 Å². The van der Waals surface area contributed by atoms with E-state index in [1.165, 1.54) is 23.5 Å². The van der Waals surface area contributed by atoms with Crippen LogP contribution in [0, 0.1) is 0 Å². The topological polar surface area (TPSA) is 182 Å². The third kappa shape index (κ3) is 14.6. The van der Waals surface area contributed by atoms with Gasteiger partial charge in [-0.05, 0) is 37.1 Å². The largest absolute Gasteiger partial charge is 0.411 e. The van der Waals surface area contributed by atoms with Crippen LogP contribution in [-0.4, -0.2) is 117 Å². The van der Waals surface area contributed by atoms with Crippen molar-refractivity contribution in [3.8, 4) is 22.9 Å². The third-order valence-electron chi connectivity index (χ3n) is 5.85. The van der Waals surface area contributed by atoms with Gasteiger partial charge in [-0.25, -0.2) is 0 Å². The molecule has 2 amide bonds. The summed E-state index contributed by atoms with van der Waals surface area (Å²) < 4.78 is 38.5. The SMILES string of the molecule is CCCOCCNC(=O)CCOCCOCCOCCOCCC(=O)Nc1cc(-c2nnc(SC)o2)cc(-c2nnc(SC)o2)c1. The third-order valence-corrected chi connectivity index (χ3v) is 6.88. The predicted molar refractivity (Wildman–Crippen MR) is 172 cm³/mol. The average molecular weight is 683 g/mol. The van der Waals surface area contributed by atoms with Gasteiger partial charge in [0.05, 0.1) is 65.9 Å². The van der Waals surface area contributed by atoms with Crippen molar-refractivity contribution in [2.45, 2.75) is 36.6 Å².